The standard InChI is InChI=1S/C24H30N6O/c1-15(16-4-5-16)28-23(31)20-13-26-12-19(22(20)30-9-8-24(2,25)14-30)17-6-7-18-11-27-29(3)21(18)10-17/h6-7,10-13,15-16H,4-5,8-9,14,25H2,1-3H3,(H,28,31)/t15?,24-/m0/s1. The van der Waals surface area contributed by atoms with Gasteiger partial charge in [-0.25, -0.2) is 0 Å². The van der Waals surface area contributed by atoms with Gasteiger partial charge in [-0.05, 0) is 50.7 Å². The van der Waals surface area contributed by atoms with E-state index in [0.717, 1.165) is 40.7 Å². The molecule has 2 atom stereocenters. The predicted octanol–water partition coefficient (Wildman–Crippen LogP) is 3.09. The van der Waals surface area contributed by atoms with Crippen LogP contribution in [0.4, 0.5) is 5.69 Å². The molecule has 1 unspecified atom stereocenters. The Morgan fingerprint density at radius 3 is 2.81 bits per heavy atom. The molecule has 1 saturated heterocycles. The van der Waals surface area contributed by atoms with E-state index in [-0.39, 0.29) is 17.5 Å². The van der Waals surface area contributed by atoms with Gasteiger partial charge in [0.15, 0.2) is 0 Å². The SMILES string of the molecule is CC(NC(=O)c1cncc(-c2ccc3cnn(C)c3c2)c1N1CC[C@](C)(N)C1)C1CC1. The smallest absolute Gasteiger partial charge is 0.255 e. The first-order valence-corrected chi connectivity index (χ1v) is 11.1. The third-order valence-electron chi connectivity index (χ3n) is 6.73. The number of amides is 1. The number of anilines is 1. The molecule has 31 heavy (non-hydrogen) atoms. The highest BCUT2D eigenvalue weighted by Gasteiger charge is 2.35. The second-order valence-corrected chi connectivity index (χ2v) is 9.55. The van der Waals surface area contributed by atoms with Crippen LogP contribution >= 0.6 is 0 Å². The minimum Gasteiger partial charge on any atom is -0.368 e. The normalized spacial score (nSPS) is 22.1. The summed E-state index contributed by atoms with van der Waals surface area (Å²) in [6, 6.07) is 6.44. The maximum atomic E-state index is 13.3. The highest BCUT2D eigenvalue weighted by molar-refractivity contribution is 6.03. The third kappa shape index (κ3) is 3.78. The van der Waals surface area contributed by atoms with Crippen LogP contribution in [0.2, 0.25) is 0 Å². The van der Waals surface area contributed by atoms with Gasteiger partial charge in [-0.3, -0.25) is 14.5 Å². The third-order valence-corrected chi connectivity index (χ3v) is 6.73. The Labute approximate surface area is 182 Å². The van der Waals surface area contributed by atoms with Crippen LogP contribution in [0, 0.1) is 5.92 Å². The van der Waals surface area contributed by atoms with Crippen LogP contribution < -0.4 is 16.0 Å². The summed E-state index contributed by atoms with van der Waals surface area (Å²) in [4.78, 5) is 20.0. The van der Waals surface area contributed by atoms with E-state index in [9.17, 15) is 4.79 Å². The number of fused-ring (bicyclic) bond motifs is 1. The molecular weight excluding hydrogens is 388 g/mol. The second kappa shape index (κ2) is 7.34. The number of nitrogens with two attached hydrogens (primary N) is 1. The Hall–Kier alpha value is -2.93. The Morgan fingerprint density at radius 1 is 1.29 bits per heavy atom. The predicted molar refractivity (Wildman–Crippen MR) is 123 cm³/mol. The quantitative estimate of drug-likeness (QED) is 0.665. The lowest BCUT2D eigenvalue weighted by Crippen LogP contribution is -2.40. The lowest BCUT2D eigenvalue weighted by molar-refractivity contribution is 0.0936. The number of aryl methyl sites for hydroxylation is 1. The molecule has 2 aromatic heterocycles. The Kier molecular flexibility index (Phi) is 4.73. The maximum Gasteiger partial charge on any atom is 0.255 e. The number of pyridine rings is 1. The van der Waals surface area contributed by atoms with Crippen LogP contribution in [0.3, 0.4) is 0 Å². The Bertz CT molecular complexity index is 1150. The molecule has 1 saturated carbocycles. The van der Waals surface area contributed by atoms with Crippen LogP contribution in [-0.2, 0) is 7.05 Å². The highest BCUT2D eigenvalue weighted by Crippen LogP contribution is 2.38. The van der Waals surface area contributed by atoms with Crippen molar-refractivity contribution < 1.29 is 4.79 Å². The van der Waals surface area contributed by atoms with Gasteiger partial charge >= 0.3 is 0 Å². The van der Waals surface area contributed by atoms with E-state index >= 15 is 0 Å². The number of benzene rings is 1. The molecule has 1 aromatic carbocycles. The van der Waals surface area contributed by atoms with E-state index < -0.39 is 0 Å². The molecule has 1 aliphatic carbocycles. The zero-order chi connectivity index (χ0) is 21.8. The number of nitrogens with zero attached hydrogens (tertiary/aromatic N) is 4. The van der Waals surface area contributed by atoms with E-state index in [1.165, 1.54) is 12.8 Å². The van der Waals surface area contributed by atoms with Gasteiger partial charge in [0.2, 0.25) is 0 Å². The molecule has 7 nitrogen and oxygen atoms in total. The van der Waals surface area contributed by atoms with Crippen molar-refractivity contribution in [2.24, 2.45) is 18.7 Å². The first kappa shape index (κ1) is 20.0. The fraction of sp³-hybridized carbons (Fsp3) is 0.458. The van der Waals surface area contributed by atoms with E-state index in [2.05, 4.69) is 52.3 Å². The lowest BCUT2D eigenvalue weighted by Gasteiger charge is -2.27. The minimum atomic E-state index is -0.276. The largest absolute Gasteiger partial charge is 0.368 e. The van der Waals surface area contributed by atoms with Crippen molar-refractivity contribution in [1.29, 1.82) is 0 Å². The van der Waals surface area contributed by atoms with Crippen LogP contribution in [0.15, 0.2) is 36.8 Å². The van der Waals surface area contributed by atoms with Gasteiger partial charge < -0.3 is 16.0 Å². The van der Waals surface area contributed by atoms with Crippen LogP contribution in [-0.4, -0.2) is 45.3 Å². The number of nitrogens with one attached hydrogen (secondary N) is 1. The van der Waals surface area contributed by atoms with Crippen LogP contribution in [0.25, 0.3) is 22.0 Å². The zero-order valence-corrected chi connectivity index (χ0v) is 18.4. The van der Waals surface area contributed by atoms with E-state index in [4.69, 9.17) is 5.73 Å². The molecule has 0 bridgehead atoms. The number of carbonyl (C=O) groups excluding carboxylic acids is 1. The number of hydrogen-bond acceptors (Lipinski definition) is 5. The number of hydrogen-bond donors (Lipinski definition) is 2. The highest BCUT2D eigenvalue weighted by atomic mass is 16.1. The van der Waals surface area contributed by atoms with Gasteiger partial charge in [0, 0.05) is 55.1 Å². The average molecular weight is 419 g/mol. The average Bonchev–Trinajstić information content (AvgIpc) is 3.46. The van der Waals surface area contributed by atoms with Crippen molar-refractivity contribution in [3.05, 3.63) is 42.4 Å². The minimum absolute atomic E-state index is 0.0593. The first-order valence-electron chi connectivity index (χ1n) is 11.1. The van der Waals surface area contributed by atoms with Gasteiger partial charge in [0.1, 0.15) is 0 Å². The summed E-state index contributed by atoms with van der Waals surface area (Å²) >= 11 is 0. The molecule has 3 aromatic rings. The summed E-state index contributed by atoms with van der Waals surface area (Å²) in [7, 11) is 1.94. The zero-order valence-electron chi connectivity index (χ0n) is 18.4. The number of rotatable bonds is 5. The van der Waals surface area contributed by atoms with Crippen molar-refractivity contribution in [3.63, 3.8) is 0 Å². The fourth-order valence-electron chi connectivity index (χ4n) is 4.66. The van der Waals surface area contributed by atoms with Crippen molar-refractivity contribution in [2.45, 2.75) is 44.7 Å². The Balaban J connectivity index is 1.61. The van der Waals surface area contributed by atoms with Gasteiger partial charge in [0.05, 0.1) is 23.0 Å². The molecule has 3 heterocycles. The van der Waals surface area contributed by atoms with Crippen molar-refractivity contribution in [1.82, 2.24) is 20.1 Å². The molecule has 3 N–H and O–H groups in total. The first-order chi connectivity index (χ1) is 14.8. The summed E-state index contributed by atoms with van der Waals surface area (Å²) < 4.78 is 1.87. The summed E-state index contributed by atoms with van der Waals surface area (Å²) in [5.41, 5.74) is 10.7. The molecular formula is C24H30N6O. The van der Waals surface area contributed by atoms with Crippen molar-refractivity contribution in [2.75, 3.05) is 18.0 Å². The second-order valence-electron chi connectivity index (χ2n) is 9.55. The van der Waals surface area contributed by atoms with Crippen molar-refractivity contribution in [3.8, 4) is 11.1 Å². The molecule has 162 valence electrons. The molecule has 2 aliphatic rings. The molecule has 1 amide bonds. The van der Waals surface area contributed by atoms with Crippen molar-refractivity contribution >= 4 is 22.5 Å². The van der Waals surface area contributed by atoms with Gasteiger partial charge in [-0.1, -0.05) is 12.1 Å². The van der Waals surface area contributed by atoms with Gasteiger partial charge in [0.25, 0.3) is 5.91 Å². The van der Waals surface area contributed by atoms with Gasteiger partial charge in [-0.2, -0.15) is 5.10 Å². The number of carbonyl (C=O) groups is 1. The molecule has 5 rings (SSSR count). The molecule has 1 aliphatic heterocycles. The summed E-state index contributed by atoms with van der Waals surface area (Å²) in [6.45, 7) is 5.69. The van der Waals surface area contributed by atoms with Crippen LogP contribution in [0.5, 0.6) is 0 Å². The van der Waals surface area contributed by atoms with Gasteiger partial charge in [-0.15, -0.1) is 0 Å². The van der Waals surface area contributed by atoms with E-state index in [1.54, 1.807) is 6.20 Å². The number of aromatic nitrogens is 3. The lowest BCUT2D eigenvalue weighted by atomic mass is 10.00. The Morgan fingerprint density at radius 2 is 2.10 bits per heavy atom. The van der Waals surface area contributed by atoms with Crippen LogP contribution in [0.1, 0.15) is 43.5 Å². The molecule has 0 radical (unpaired) electrons. The fourth-order valence-corrected chi connectivity index (χ4v) is 4.66. The molecule has 0 spiro atoms. The summed E-state index contributed by atoms with van der Waals surface area (Å²) in [6.07, 6.45) is 8.68. The molecule has 2 fully saturated rings. The summed E-state index contributed by atoms with van der Waals surface area (Å²) in [5, 5.41) is 8.65. The van der Waals surface area contributed by atoms with E-state index in [1.807, 2.05) is 24.1 Å². The topological polar surface area (TPSA) is 89.1 Å². The summed E-state index contributed by atoms with van der Waals surface area (Å²) in [5.74, 6) is 0.533. The maximum absolute atomic E-state index is 13.3. The van der Waals surface area contributed by atoms with E-state index in [0.29, 0.717) is 18.0 Å². The monoisotopic (exact) mass is 418 g/mol. The molecule has 7 heteroatoms.